The van der Waals surface area contributed by atoms with Crippen molar-refractivity contribution in [2.45, 2.75) is 17.7 Å². The smallest absolute Gasteiger partial charge is 0.255 e. The van der Waals surface area contributed by atoms with Crippen LogP contribution in [0.4, 0.5) is 5.82 Å². The molecule has 0 unspecified atom stereocenters. The lowest BCUT2D eigenvalue weighted by molar-refractivity contribution is 0.577. The Morgan fingerprint density at radius 3 is 2.55 bits per heavy atom. The second-order valence-corrected chi connectivity index (χ2v) is 10.7. The highest BCUT2D eigenvalue weighted by molar-refractivity contribution is 9.10. The summed E-state index contributed by atoms with van der Waals surface area (Å²) in [6, 6.07) is 11.8. The lowest BCUT2D eigenvalue weighted by Gasteiger charge is -2.10. The lowest BCUT2D eigenvalue weighted by Crippen LogP contribution is -2.25. The second kappa shape index (κ2) is 8.36. The number of halogens is 1. The van der Waals surface area contributed by atoms with E-state index in [-0.39, 0.29) is 16.3 Å². The number of benzene rings is 2. The van der Waals surface area contributed by atoms with Crippen molar-refractivity contribution in [3.8, 4) is 22.5 Å². The van der Waals surface area contributed by atoms with Gasteiger partial charge in [0.1, 0.15) is 11.5 Å². The van der Waals surface area contributed by atoms with Crippen LogP contribution < -0.4 is 16.0 Å². The van der Waals surface area contributed by atoms with Crippen LogP contribution in [0.3, 0.4) is 0 Å². The quantitative estimate of drug-likeness (QED) is 0.351. The Morgan fingerprint density at radius 1 is 1.09 bits per heavy atom. The summed E-state index contributed by atoms with van der Waals surface area (Å²) in [5.74, 6) is 0.708. The van der Waals surface area contributed by atoms with Crippen LogP contribution in [0.5, 0.6) is 0 Å². The van der Waals surface area contributed by atoms with Gasteiger partial charge in [-0.3, -0.25) is 4.79 Å². The van der Waals surface area contributed by atoms with Crippen LogP contribution in [0.15, 0.2) is 69.0 Å². The van der Waals surface area contributed by atoms with E-state index in [4.69, 9.17) is 5.73 Å². The molecule has 8 nitrogen and oxygen atoms in total. The number of nitrogens with one attached hydrogen (secondary N) is 2. The van der Waals surface area contributed by atoms with Gasteiger partial charge in [0.25, 0.3) is 5.56 Å². The van der Waals surface area contributed by atoms with Gasteiger partial charge in [-0.25, -0.2) is 23.1 Å². The first-order valence-electron chi connectivity index (χ1n) is 10.4. The number of hydrogen-bond donors (Lipinski definition) is 3. The summed E-state index contributed by atoms with van der Waals surface area (Å²) < 4.78 is 28.3. The number of nitrogens with zero attached hydrogens (tertiary/aromatic N) is 2. The van der Waals surface area contributed by atoms with Crippen LogP contribution in [0, 0.1) is 5.92 Å². The Hall–Kier alpha value is -3.08. The first kappa shape index (κ1) is 21.7. The highest BCUT2D eigenvalue weighted by Crippen LogP contribution is 2.31. The van der Waals surface area contributed by atoms with Gasteiger partial charge in [-0.15, -0.1) is 0 Å². The number of aromatic amines is 1. The van der Waals surface area contributed by atoms with E-state index >= 15 is 0 Å². The number of nitrogen functional groups attached to an aromatic ring is 1. The van der Waals surface area contributed by atoms with Crippen molar-refractivity contribution in [1.82, 2.24) is 19.7 Å². The highest BCUT2D eigenvalue weighted by Gasteiger charge is 2.24. The number of nitrogens with two attached hydrogens (primary N) is 1. The summed E-state index contributed by atoms with van der Waals surface area (Å²) in [5.41, 5.74) is 8.38. The molecule has 0 saturated heterocycles. The molecule has 0 spiro atoms. The molecule has 1 aliphatic carbocycles. The number of aromatic nitrogens is 3. The van der Waals surface area contributed by atoms with Crippen LogP contribution in [-0.4, -0.2) is 29.9 Å². The third kappa shape index (κ3) is 4.41. The molecule has 0 radical (unpaired) electrons. The van der Waals surface area contributed by atoms with Gasteiger partial charge in [0.05, 0.1) is 16.8 Å². The van der Waals surface area contributed by atoms with Gasteiger partial charge in [-0.2, -0.15) is 0 Å². The summed E-state index contributed by atoms with van der Waals surface area (Å²) in [6.07, 6.45) is 5.29. The summed E-state index contributed by atoms with van der Waals surface area (Å²) in [7, 11) is -3.54. The maximum absolute atomic E-state index is 12.5. The molecule has 1 fully saturated rings. The maximum atomic E-state index is 12.5. The number of hydrogen-bond acceptors (Lipinski definition) is 6. The minimum absolute atomic E-state index is 0.186. The van der Waals surface area contributed by atoms with Crippen LogP contribution >= 0.6 is 15.9 Å². The van der Waals surface area contributed by atoms with Crippen molar-refractivity contribution >= 4 is 42.5 Å². The van der Waals surface area contributed by atoms with Gasteiger partial charge in [0.15, 0.2) is 0 Å². The molecule has 10 heteroatoms. The molecule has 0 bridgehead atoms. The molecule has 0 amide bonds. The highest BCUT2D eigenvalue weighted by atomic mass is 79.9. The molecule has 5 rings (SSSR count). The Kier molecular flexibility index (Phi) is 5.51. The van der Waals surface area contributed by atoms with E-state index in [0.29, 0.717) is 40.4 Å². The van der Waals surface area contributed by atoms with E-state index < -0.39 is 10.0 Å². The van der Waals surface area contributed by atoms with E-state index in [1.807, 2.05) is 6.07 Å². The normalized spacial score (nSPS) is 14.0. The Balaban J connectivity index is 1.48. The summed E-state index contributed by atoms with van der Waals surface area (Å²) >= 11 is 3.46. The molecule has 2 aromatic heterocycles. The predicted octanol–water partition coefficient (Wildman–Crippen LogP) is 3.69. The fourth-order valence-electron chi connectivity index (χ4n) is 3.56. The molecule has 33 heavy (non-hydrogen) atoms. The van der Waals surface area contributed by atoms with Gasteiger partial charge in [-0.1, -0.05) is 18.2 Å². The van der Waals surface area contributed by atoms with Crippen LogP contribution in [0.25, 0.3) is 33.3 Å². The number of pyridine rings is 1. The molecule has 4 N–H and O–H groups in total. The monoisotopic (exact) mass is 525 g/mol. The van der Waals surface area contributed by atoms with Gasteiger partial charge in [0, 0.05) is 39.1 Å². The van der Waals surface area contributed by atoms with Gasteiger partial charge >= 0.3 is 0 Å². The average molecular weight is 526 g/mol. The van der Waals surface area contributed by atoms with Crippen molar-refractivity contribution in [2.24, 2.45) is 5.92 Å². The predicted molar refractivity (Wildman–Crippen MR) is 131 cm³/mol. The van der Waals surface area contributed by atoms with E-state index in [1.54, 1.807) is 48.8 Å². The zero-order valence-corrected chi connectivity index (χ0v) is 19.8. The molecule has 2 heterocycles. The van der Waals surface area contributed by atoms with Gasteiger partial charge < -0.3 is 10.7 Å². The van der Waals surface area contributed by atoms with Gasteiger partial charge in [-0.05, 0) is 59.0 Å². The molecule has 168 valence electrons. The van der Waals surface area contributed by atoms with E-state index in [9.17, 15) is 13.2 Å². The second-order valence-electron chi connectivity index (χ2n) is 8.03. The zero-order valence-electron chi connectivity index (χ0n) is 17.4. The fraction of sp³-hybridized carbons (Fsp3) is 0.174. The Bertz CT molecular complexity index is 1530. The average Bonchev–Trinajstić information content (AvgIpc) is 3.65. The van der Waals surface area contributed by atoms with Crippen molar-refractivity contribution in [1.29, 1.82) is 0 Å². The van der Waals surface area contributed by atoms with E-state index in [0.717, 1.165) is 22.7 Å². The van der Waals surface area contributed by atoms with Crippen LogP contribution in [0.1, 0.15) is 12.8 Å². The minimum atomic E-state index is -3.54. The zero-order chi connectivity index (χ0) is 23.2. The fourth-order valence-corrected chi connectivity index (χ4v) is 5.12. The maximum Gasteiger partial charge on any atom is 0.255 e. The lowest BCUT2D eigenvalue weighted by atomic mass is 10.1. The molecule has 0 atom stereocenters. The summed E-state index contributed by atoms with van der Waals surface area (Å²) in [6.45, 7) is 0.477. The first-order chi connectivity index (χ1) is 15.8. The molecule has 1 aliphatic rings. The third-order valence-electron chi connectivity index (χ3n) is 5.65. The molecule has 0 aliphatic heterocycles. The van der Waals surface area contributed by atoms with Crippen molar-refractivity contribution in [2.75, 3.05) is 12.3 Å². The van der Waals surface area contributed by atoms with Crippen molar-refractivity contribution in [3.05, 3.63) is 69.7 Å². The number of sulfonamides is 1. The SMILES string of the molecule is Nc1ncc(-c2ccc(S(=O)(=O)NCC3CC3)cc2)nc1-c1ccc2c(=O)[nH]cc(Br)c2c1. The molecule has 4 aromatic rings. The van der Waals surface area contributed by atoms with Crippen LogP contribution in [0.2, 0.25) is 0 Å². The number of anilines is 1. The van der Waals surface area contributed by atoms with Crippen LogP contribution in [-0.2, 0) is 10.0 Å². The minimum Gasteiger partial charge on any atom is -0.382 e. The molecule has 2 aromatic carbocycles. The van der Waals surface area contributed by atoms with E-state index in [2.05, 4.69) is 35.6 Å². The standard InChI is InChI=1S/C23H20BrN5O3S/c24-19-11-27-23(30)17-8-5-15(9-18(17)19)21-22(25)26-12-20(29-21)14-3-6-16(7-4-14)33(31,32)28-10-13-1-2-13/h3-9,11-13,28H,1-2,10H2,(H2,25,26)(H,27,30). The molecule has 1 saturated carbocycles. The third-order valence-corrected chi connectivity index (χ3v) is 7.74. The molecular weight excluding hydrogens is 506 g/mol. The van der Waals surface area contributed by atoms with E-state index in [1.165, 1.54) is 0 Å². The Morgan fingerprint density at radius 2 is 1.82 bits per heavy atom. The molecular formula is C23H20BrN5O3S. The number of fused-ring (bicyclic) bond motifs is 1. The summed E-state index contributed by atoms with van der Waals surface area (Å²) in [5, 5.41) is 1.28. The number of H-pyrrole nitrogens is 1. The summed E-state index contributed by atoms with van der Waals surface area (Å²) in [4.78, 5) is 23.9. The first-order valence-corrected chi connectivity index (χ1v) is 12.6. The van der Waals surface area contributed by atoms with Gasteiger partial charge in [0.2, 0.25) is 10.0 Å². The Labute approximate surface area is 198 Å². The van der Waals surface area contributed by atoms with Crippen molar-refractivity contribution in [3.63, 3.8) is 0 Å². The topological polar surface area (TPSA) is 131 Å². The number of rotatable bonds is 6. The van der Waals surface area contributed by atoms with Crippen molar-refractivity contribution < 1.29 is 8.42 Å². The largest absolute Gasteiger partial charge is 0.382 e.